The van der Waals surface area contributed by atoms with Gasteiger partial charge in [-0.15, -0.1) is 0 Å². The Bertz CT molecular complexity index is 561. The Morgan fingerprint density at radius 2 is 2.00 bits per heavy atom. The predicted molar refractivity (Wildman–Crippen MR) is 88.7 cm³/mol. The molecule has 1 aromatic rings. The van der Waals surface area contributed by atoms with Gasteiger partial charge in [0.15, 0.2) is 0 Å². The van der Waals surface area contributed by atoms with Crippen molar-refractivity contribution in [1.82, 2.24) is 9.80 Å². The molecule has 2 amide bonds. The van der Waals surface area contributed by atoms with E-state index in [1.807, 2.05) is 40.1 Å². The molecular formula is C18H25N3O2. The number of piperidine rings is 1. The van der Waals surface area contributed by atoms with Crippen LogP contribution in [0.3, 0.4) is 0 Å². The zero-order chi connectivity index (χ0) is 16.2. The summed E-state index contributed by atoms with van der Waals surface area (Å²) in [5.74, 6) is 0.239. The summed E-state index contributed by atoms with van der Waals surface area (Å²) in [6.07, 6.45) is 4.08. The molecule has 2 saturated heterocycles. The summed E-state index contributed by atoms with van der Waals surface area (Å²) in [7, 11) is 0. The second kappa shape index (κ2) is 7.13. The van der Waals surface area contributed by atoms with Crippen LogP contribution < -0.4 is 5.73 Å². The highest BCUT2D eigenvalue weighted by molar-refractivity contribution is 5.82. The average Bonchev–Trinajstić information content (AvgIpc) is 3.01. The van der Waals surface area contributed by atoms with Crippen LogP contribution >= 0.6 is 0 Å². The van der Waals surface area contributed by atoms with Crippen molar-refractivity contribution in [2.75, 3.05) is 19.6 Å². The molecule has 3 rings (SSSR count). The van der Waals surface area contributed by atoms with Crippen molar-refractivity contribution in [2.24, 2.45) is 5.73 Å². The maximum Gasteiger partial charge on any atom is 0.239 e. The number of benzene rings is 1. The second-order valence-electron chi connectivity index (χ2n) is 6.57. The first-order valence-corrected chi connectivity index (χ1v) is 8.53. The number of carbonyl (C=O) groups excluding carboxylic acids is 2. The molecule has 2 aliphatic heterocycles. The van der Waals surface area contributed by atoms with Gasteiger partial charge in [-0.25, -0.2) is 0 Å². The second-order valence-corrected chi connectivity index (χ2v) is 6.57. The molecule has 23 heavy (non-hydrogen) atoms. The smallest absolute Gasteiger partial charge is 0.239 e. The molecule has 0 saturated carbocycles. The molecule has 2 atom stereocenters. The lowest BCUT2D eigenvalue weighted by molar-refractivity contribution is -0.138. The molecule has 0 aromatic heterocycles. The van der Waals surface area contributed by atoms with E-state index in [1.165, 1.54) is 0 Å². The summed E-state index contributed by atoms with van der Waals surface area (Å²) in [5.41, 5.74) is 7.21. The van der Waals surface area contributed by atoms with Gasteiger partial charge in [-0.1, -0.05) is 30.3 Å². The molecule has 0 spiro atoms. The number of amides is 2. The Balaban J connectivity index is 1.59. The quantitative estimate of drug-likeness (QED) is 0.907. The van der Waals surface area contributed by atoms with E-state index in [0.717, 1.165) is 37.9 Å². The van der Waals surface area contributed by atoms with Crippen LogP contribution in [0.25, 0.3) is 0 Å². The Hall–Kier alpha value is -1.88. The summed E-state index contributed by atoms with van der Waals surface area (Å²) in [5, 5.41) is 0. The van der Waals surface area contributed by atoms with Crippen molar-refractivity contribution in [3.05, 3.63) is 35.9 Å². The molecule has 1 aromatic carbocycles. The maximum absolute atomic E-state index is 12.6. The van der Waals surface area contributed by atoms with E-state index in [4.69, 9.17) is 5.73 Å². The number of carbonyl (C=O) groups is 2. The zero-order valence-electron chi connectivity index (χ0n) is 13.5. The van der Waals surface area contributed by atoms with Gasteiger partial charge < -0.3 is 15.5 Å². The molecule has 2 N–H and O–H groups in total. The normalized spacial score (nSPS) is 23.2. The number of hydrogen-bond acceptors (Lipinski definition) is 3. The monoisotopic (exact) mass is 315 g/mol. The van der Waals surface area contributed by atoms with Crippen molar-refractivity contribution < 1.29 is 9.59 Å². The fraction of sp³-hybridized carbons (Fsp3) is 0.556. The Morgan fingerprint density at radius 1 is 1.22 bits per heavy atom. The van der Waals surface area contributed by atoms with Crippen molar-refractivity contribution in [3.63, 3.8) is 0 Å². The lowest BCUT2D eigenvalue weighted by Gasteiger charge is -2.38. The molecule has 2 heterocycles. The van der Waals surface area contributed by atoms with E-state index in [-0.39, 0.29) is 17.9 Å². The third-order valence-electron chi connectivity index (χ3n) is 4.87. The largest absolute Gasteiger partial charge is 0.339 e. The number of nitrogens with two attached hydrogens (primary N) is 1. The minimum atomic E-state index is -0.509. The standard InChI is InChI=1S/C18H25N3O2/c19-16(12-14-6-2-1-3-7-14)18(23)20-10-4-8-15(13-20)21-11-5-9-17(21)22/h1-3,6-7,15-16H,4-5,8-13,19H2/t15-,16-/m0/s1. The van der Waals surface area contributed by atoms with Crippen LogP contribution in [0.15, 0.2) is 30.3 Å². The van der Waals surface area contributed by atoms with Crippen LogP contribution in [0.4, 0.5) is 0 Å². The van der Waals surface area contributed by atoms with Crippen LogP contribution in [0.5, 0.6) is 0 Å². The Labute approximate surface area is 137 Å². The minimum absolute atomic E-state index is 0.00481. The van der Waals surface area contributed by atoms with Crippen molar-refractivity contribution >= 4 is 11.8 Å². The van der Waals surface area contributed by atoms with Gasteiger partial charge >= 0.3 is 0 Å². The van der Waals surface area contributed by atoms with E-state index in [0.29, 0.717) is 19.4 Å². The SMILES string of the molecule is N[C@@H](Cc1ccccc1)C(=O)N1CCC[C@H](N2CCCC2=O)C1. The molecule has 0 unspecified atom stereocenters. The van der Waals surface area contributed by atoms with Crippen molar-refractivity contribution in [1.29, 1.82) is 0 Å². The summed E-state index contributed by atoms with van der Waals surface area (Å²) < 4.78 is 0. The molecule has 0 radical (unpaired) electrons. The van der Waals surface area contributed by atoms with Gasteiger partial charge in [-0.2, -0.15) is 0 Å². The van der Waals surface area contributed by atoms with Crippen LogP contribution in [0, 0.1) is 0 Å². The van der Waals surface area contributed by atoms with E-state index in [1.54, 1.807) is 0 Å². The lowest BCUT2D eigenvalue weighted by Crippen LogP contribution is -2.54. The highest BCUT2D eigenvalue weighted by Gasteiger charge is 2.33. The highest BCUT2D eigenvalue weighted by Crippen LogP contribution is 2.22. The fourth-order valence-corrected chi connectivity index (χ4v) is 3.65. The van der Waals surface area contributed by atoms with E-state index in [9.17, 15) is 9.59 Å². The van der Waals surface area contributed by atoms with E-state index in [2.05, 4.69) is 0 Å². The van der Waals surface area contributed by atoms with Crippen LogP contribution in [-0.2, 0) is 16.0 Å². The van der Waals surface area contributed by atoms with Gasteiger partial charge in [-0.3, -0.25) is 9.59 Å². The minimum Gasteiger partial charge on any atom is -0.339 e. The first-order valence-electron chi connectivity index (χ1n) is 8.53. The first kappa shape index (κ1) is 16.0. The van der Waals surface area contributed by atoms with E-state index < -0.39 is 6.04 Å². The molecule has 5 nitrogen and oxygen atoms in total. The highest BCUT2D eigenvalue weighted by atomic mass is 16.2. The number of rotatable bonds is 4. The molecule has 0 aliphatic carbocycles. The molecule has 0 bridgehead atoms. The predicted octanol–water partition coefficient (Wildman–Crippen LogP) is 1.17. The molecule has 5 heteroatoms. The van der Waals surface area contributed by atoms with Gasteiger partial charge in [0.2, 0.25) is 11.8 Å². The van der Waals surface area contributed by atoms with Crippen molar-refractivity contribution in [2.45, 2.75) is 44.2 Å². The number of likely N-dealkylation sites (tertiary alicyclic amines) is 2. The summed E-state index contributed by atoms with van der Waals surface area (Å²) in [6.45, 7) is 2.22. The fourth-order valence-electron chi connectivity index (χ4n) is 3.65. The summed E-state index contributed by atoms with van der Waals surface area (Å²) >= 11 is 0. The summed E-state index contributed by atoms with van der Waals surface area (Å²) in [4.78, 5) is 28.4. The van der Waals surface area contributed by atoms with Gasteiger partial charge in [0.25, 0.3) is 0 Å². The molecular weight excluding hydrogens is 290 g/mol. The Kier molecular flexibility index (Phi) is 4.96. The van der Waals surface area contributed by atoms with Crippen LogP contribution in [0.2, 0.25) is 0 Å². The first-order chi connectivity index (χ1) is 11.1. The van der Waals surface area contributed by atoms with E-state index >= 15 is 0 Å². The lowest BCUT2D eigenvalue weighted by atomic mass is 10.0. The third kappa shape index (κ3) is 3.72. The third-order valence-corrected chi connectivity index (χ3v) is 4.87. The Morgan fingerprint density at radius 3 is 2.70 bits per heavy atom. The molecule has 124 valence electrons. The van der Waals surface area contributed by atoms with Gasteiger partial charge in [0.1, 0.15) is 0 Å². The summed E-state index contributed by atoms with van der Waals surface area (Å²) in [6, 6.07) is 9.53. The van der Waals surface area contributed by atoms with Gasteiger partial charge in [-0.05, 0) is 31.2 Å². The number of hydrogen-bond donors (Lipinski definition) is 1. The molecule has 2 aliphatic rings. The molecule has 2 fully saturated rings. The number of nitrogens with zero attached hydrogens (tertiary/aromatic N) is 2. The van der Waals surface area contributed by atoms with Crippen LogP contribution in [-0.4, -0.2) is 53.3 Å². The van der Waals surface area contributed by atoms with Gasteiger partial charge in [0.05, 0.1) is 6.04 Å². The average molecular weight is 315 g/mol. The van der Waals surface area contributed by atoms with Gasteiger partial charge in [0, 0.05) is 32.1 Å². The zero-order valence-corrected chi connectivity index (χ0v) is 13.5. The van der Waals surface area contributed by atoms with Crippen molar-refractivity contribution in [3.8, 4) is 0 Å². The topological polar surface area (TPSA) is 66.6 Å². The van der Waals surface area contributed by atoms with Crippen LogP contribution in [0.1, 0.15) is 31.2 Å². The maximum atomic E-state index is 12.6.